The summed E-state index contributed by atoms with van der Waals surface area (Å²) >= 11 is 0. The van der Waals surface area contributed by atoms with Crippen molar-refractivity contribution in [1.82, 2.24) is 15.5 Å². The van der Waals surface area contributed by atoms with E-state index in [-0.39, 0.29) is 30.9 Å². The van der Waals surface area contributed by atoms with Gasteiger partial charge in [0.25, 0.3) is 0 Å². The summed E-state index contributed by atoms with van der Waals surface area (Å²) in [5, 5.41) is 8.93. The molecule has 1 atom stereocenters. The Kier molecular flexibility index (Phi) is 6.67. The van der Waals surface area contributed by atoms with Crippen LogP contribution in [0.3, 0.4) is 0 Å². The van der Waals surface area contributed by atoms with E-state index in [9.17, 15) is 9.59 Å². The first-order valence-corrected chi connectivity index (χ1v) is 8.20. The van der Waals surface area contributed by atoms with Crippen molar-refractivity contribution in [3.05, 3.63) is 36.0 Å². The lowest BCUT2D eigenvalue weighted by molar-refractivity contribution is -0.125. The van der Waals surface area contributed by atoms with E-state index in [0.717, 1.165) is 0 Å². The van der Waals surface area contributed by atoms with Crippen LogP contribution in [-0.2, 0) is 16.2 Å². The molecule has 9 heteroatoms. The highest BCUT2D eigenvalue weighted by Crippen LogP contribution is 2.16. The molecule has 0 fully saturated rings. The molecule has 140 valence electrons. The van der Waals surface area contributed by atoms with Crippen LogP contribution in [0.15, 0.2) is 28.8 Å². The van der Waals surface area contributed by atoms with Crippen molar-refractivity contribution in [1.29, 1.82) is 0 Å². The Labute approximate surface area is 151 Å². The number of nitrogens with two attached hydrogens (primary N) is 1. The van der Waals surface area contributed by atoms with Gasteiger partial charge in [0.2, 0.25) is 23.5 Å². The maximum atomic E-state index is 11.9. The Morgan fingerprint density at radius 3 is 2.54 bits per heavy atom. The third-order valence-electron chi connectivity index (χ3n) is 3.52. The predicted molar refractivity (Wildman–Crippen MR) is 94.3 cm³/mol. The van der Waals surface area contributed by atoms with E-state index in [0.29, 0.717) is 23.2 Å². The molecule has 4 N–H and O–H groups in total. The van der Waals surface area contributed by atoms with Crippen LogP contribution in [0.4, 0.5) is 5.69 Å². The molecule has 26 heavy (non-hydrogen) atoms. The fourth-order valence-electron chi connectivity index (χ4n) is 1.98. The molecule has 0 spiro atoms. The summed E-state index contributed by atoms with van der Waals surface area (Å²) in [6.45, 7) is 5.42. The molecule has 0 radical (unpaired) electrons. The quantitative estimate of drug-likeness (QED) is 0.639. The third-order valence-corrected chi connectivity index (χ3v) is 3.52. The maximum absolute atomic E-state index is 11.9. The SMILES string of the molecule is Cc1nc(COc2ccc(NC(=O)CNC(=O)[C@@H](N)C(C)C)cc2)no1. The van der Waals surface area contributed by atoms with Crippen molar-refractivity contribution in [3.8, 4) is 5.75 Å². The van der Waals surface area contributed by atoms with Crippen molar-refractivity contribution in [2.75, 3.05) is 11.9 Å². The summed E-state index contributed by atoms with van der Waals surface area (Å²) in [5.74, 6) is 0.836. The number of amides is 2. The van der Waals surface area contributed by atoms with Gasteiger partial charge >= 0.3 is 0 Å². The van der Waals surface area contributed by atoms with Gasteiger partial charge in [0.15, 0.2) is 6.61 Å². The second-order valence-electron chi connectivity index (χ2n) is 6.08. The average Bonchev–Trinajstić information content (AvgIpc) is 3.03. The van der Waals surface area contributed by atoms with Crippen molar-refractivity contribution in [3.63, 3.8) is 0 Å². The number of hydrogen-bond donors (Lipinski definition) is 3. The lowest BCUT2D eigenvalue weighted by Crippen LogP contribution is -2.46. The summed E-state index contributed by atoms with van der Waals surface area (Å²) in [6, 6.07) is 6.15. The van der Waals surface area contributed by atoms with Gasteiger partial charge in [0.1, 0.15) is 5.75 Å². The molecule has 1 heterocycles. The standard InChI is InChI=1S/C17H23N5O4/c1-10(2)16(18)17(24)19-8-15(23)21-12-4-6-13(7-5-12)25-9-14-20-11(3)26-22-14/h4-7,10,16H,8-9,18H2,1-3H3,(H,19,24)(H,21,23)/t16-/m0/s1. The number of anilines is 1. The van der Waals surface area contributed by atoms with Crippen molar-refractivity contribution >= 4 is 17.5 Å². The molecule has 0 aliphatic carbocycles. The number of carbonyl (C=O) groups is 2. The van der Waals surface area contributed by atoms with Crippen LogP contribution in [0, 0.1) is 12.8 Å². The number of aryl methyl sites for hydroxylation is 1. The van der Waals surface area contributed by atoms with Crippen molar-refractivity contribution < 1.29 is 18.8 Å². The third kappa shape index (κ3) is 5.85. The second kappa shape index (κ2) is 8.95. The molecular formula is C17H23N5O4. The highest BCUT2D eigenvalue weighted by Gasteiger charge is 2.17. The molecule has 0 aliphatic heterocycles. The number of aromatic nitrogens is 2. The molecule has 1 aromatic carbocycles. The van der Waals surface area contributed by atoms with Crippen LogP contribution >= 0.6 is 0 Å². The minimum atomic E-state index is -0.637. The largest absolute Gasteiger partial charge is 0.485 e. The predicted octanol–water partition coefficient (Wildman–Crippen LogP) is 0.995. The highest BCUT2D eigenvalue weighted by atomic mass is 16.5. The van der Waals surface area contributed by atoms with Gasteiger partial charge in [-0.2, -0.15) is 4.98 Å². The Morgan fingerprint density at radius 1 is 1.27 bits per heavy atom. The van der Waals surface area contributed by atoms with E-state index in [1.54, 1.807) is 31.2 Å². The summed E-state index contributed by atoms with van der Waals surface area (Å²) in [7, 11) is 0. The lowest BCUT2D eigenvalue weighted by atomic mass is 10.1. The summed E-state index contributed by atoms with van der Waals surface area (Å²) in [5.41, 5.74) is 6.30. The smallest absolute Gasteiger partial charge is 0.243 e. The van der Waals surface area contributed by atoms with Crippen LogP contribution in [0.1, 0.15) is 25.6 Å². The van der Waals surface area contributed by atoms with Gasteiger partial charge in [0, 0.05) is 12.6 Å². The summed E-state index contributed by atoms with van der Waals surface area (Å²) in [6.07, 6.45) is 0. The van der Waals surface area contributed by atoms with Crippen LogP contribution < -0.4 is 21.1 Å². The van der Waals surface area contributed by atoms with Gasteiger partial charge in [-0.1, -0.05) is 19.0 Å². The zero-order valence-electron chi connectivity index (χ0n) is 15.0. The van der Waals surface area contributed by atoms with Gasteiger partial charge < -0.3 is 25.6 Å². The Bertz CT molecular complexity index is 742. The summed E-state index contributed by atoms with van der Waals surface area (Å²) in [4.78, 5) is 27.6. The highest BCUT2D eigenvalue weighted by molar-refractivity contribution is 5.95. The van der Waals surface area contributed by atoms with Crippen molar-refractivity contribution in [2.24, 2.45) is 11.7 Å². The number of benzene rings is 1. The monoisotopic (exact) mass is 361 g/mol. The van der Waals surface area contributed by atoms with E-state index in [1.165, 1.54) is 0 Å². The molecule has 0 saturated carbocycles. The fourth-order valence-corrected chi connectivity index (χ4v) is 1.98. The number of rotatable bonds is 8. The first kappa shape index (κ1) is 19.4. The first-order chi connectivity index (χ1) is 12.3. The Balaban J connectivity index is 1.77. The molecular weight excluding hydrogens is 338 g/mol. The molecule has 0 aliphatic rings. The molecule has 9 nitrogen and oxygen atoms in total. The first-order valence-electron chi connectivity index (χ1n) is 8.20. The minimum absolute atomic E-state index is 0.00182. The minimum Gasteiger partial charge on any atom is -0.485 e. The zero-order valence-corrected chi connectivity index (χ0v) is 15.0. The van der Waals surface area contributed by atoms with Crippen LogP contribution in [-0.4, -0.2) is 34.5 Å². The van der Waals surface area contributed by atoms with Crippen LogP contribution in [0.25, 0.3) is 0 Å². The lowest BCUT2D eigenvalue weighted by Gasteiger charge is -2.15. The Morgan fingerprint density at radius 2 is 1.96 bits per heavy atom. The van der Waals surface area contributed by atoms with Gasteiger partial charge in [-0.05, 0) is 30.2 Å². The number of ether oxygens (including phenoxy) is 1. The number of nitrogens with one attached hydrogen (secondary N) is 2. The topological polar surface area (TPSA) is 132 Å². The average molecular weight is 361 g/mol. The molecule has 2 aromatic rings. The van der Waals surface area contributed by atoms with E-state index in [4.69, 9.17) is 15.0 Å². The Hall–Kier alpha value is -2.94. The van der Waals surface area contributed by atoms with Gasteiger partial charge in [-0.3, -0.25) is 9.59 Å². The number of carbonyl (C=O) groups excluding carboxylic acids is 2. The number of hydrogen-bond acceptors (Lipinski definition) is 7. The molecule has 0 saturated heterocycles. The molecule has 2 amide bonds. The normalized spacial score (nSPS) is 11.9. The van der Waals surface area contributed by atoms with E-state index in [2.05, 4.69) is 20.8 Å². The van der Waals surface area contributed by atoms with E-state index >= 15 is 0 Å². The van der Waals surface area contributed by atoms with Crippen LogP contribution in [0.2, 0.25) is 0 Å². The van der Waals surface area contributed by atoms with E-state index in [1.807, 2.05) is 13.8 Å². The van der Waals surface area contributed by atoms with Gasteiger partial charge in [0.05, 0.1) is 12.6 Å². The second-order valence-corrected chi connectivity index (χ2v) is 6.08. The van der Waals surface area contributed by atoms with E-state index < -0.39 is 6.04 Å². The molecule has 0 bridgehead atoms. The fraction of sp³-hybridized carbons (Fsp3) is 0.412. The molecule has 0 unspecified atom stereocenters. The molecule has 1 aromatic heterocycles. The van der Waals surface area contributed by atoms with Crippen molar-refractivity contribution in [2.45, 2.75) is 33.4 Å². The van der Waals surface area contributed by atoms with Gasteiger partial charge in [-0.25, -0.2) is 0 Å². The summed E-state index contributed by atoms with van der Waals surface area (Å²) < 4.78 is 10.4. The molecule has 2 rings (SSSR count). The number of nitrogens with zero attached hydrogens (tertiary/aromatic N) is 2. The van der Waals surface area contributed by atoms with Gasteiger partial charge in [-0.15, -0.1) is 0 Å². The zero-order chi connectivity index (χ0) is 19.1. The van der Waals surface area contributed by atoms with Crippen LogP contribution in [0.5, 0.6) is 5.75 Å². The maximum Gasteiger partial charge on any atom is 0.243 e.